The van der Waals surface area contributed by atoms with Crippen LogP contribution < -0.4 is 19.7 Å². The molecular formula is C21H28N2O4. The standard InChI is InChI=1S/C21H28N2O4/c1-6-23(7-2)17-9-11-19(15(3)12-17)22-21(24)27-14-16-8-10-18(25-4)13-20(16)26-5/h8-13H,6-7,14H2,1-5H3,(H,22,24). The van der Waals surface area contributed by atoms with E-state index in [1.54, 1.807) is 26.4 Å². The van der Waals surface area contributed by atoms with Gasteiger partial charge in [0.1, 0.15) is 18.1 Å². The molecule has 0 saturated carbocycles. The number of methoxy groups -OCH3 is 2. The first kappa shape index (κ1) is 20.4. The van der Waals surface area contributed by atoms with Crippen LogP contribution in [0.2, 0.25) is 0 Å². The number of carbonyl (C=O) groups excluding carboxylic acids is 1. The van der Waals surface area contributed by atoms with E-state index in [0.717, 1.165) is 35.6 Å². The molecule has 0 saturated heterocycles. The van der Waals surface area contributed by atoms with E-state index in [2.05, 4.69) is 30.1 Å². The average Bonchev–Trinajstić information content (AvgIpc) is 2.69. The maximum atomic E-state index is 12.2. The molecular weight excluding hydrogens is 344 g/mol. The Balaban J connectivity index is 2.00. The van der Waals surface area contributed by atoms with Crippen molar-refractivity contribution in [1.29, 1.82) is 0 Å². The number of ether oxygens (including phenoxy) is 3. The van der Waals surface area contributed by atoms with E-state index in [1.807, 2.05) is 25.1 Å². The maximum Gasteiger partial charge on any atom is 0.411 e. The smallest absolute Gasteiger partial charge is 0.411 e. The van der Waals surface area contributed by atoms with E-state index < -0.39 is 6.09 Å². The zero-order chi connectivity index (χ0) is 19.8. The largest absolute Gasteiger partial charge is 0.497 e. The Morgan fingerprint density at radius 1 is 1.04 bits per heavy atom. The van der Waals surface area contributed by atoms with Gasteiger partial charge in [0, 0.05) is 36.1 Å². The highest BCUT2D eigenvalue weighted by Crippen LogP contribution is 2.26. The minimum atomic E-state index is -0.508. The summed E-state index contributed by atoms with van der Waals surface area (Å²) in [5, 5.41) is 2.80. The zero-order valence-electron chi connectivity index (χ0n) is 16.7. The number of nitrogens with one attached hydrogen (secondary N) is 1. The molecule has 2 aromatic rings. The Kier molecular flexibility index (Phi) is 7.34. The fourth-order valence-electron chi connectivity index (χ4n) is 2.83. The predicted molar refractivity (Wildman–Crippen MR) is 108 cm³/mol. The number of hydrogen-bond acceptors (Lipinski definition) is 5. The van der Waals surface area contributed by atoms with Gasteiger partial charge in [0.25, 0.3) is 0 Å². The minimum Gasteiger partial charge on any atom is -0.497 e. The number of anilines is 2. The number of amides is 1. The minimum absolute atomic E-state index is 0.107. The van der Waals surface area contributed by atoms with Crippen molar-refractivity contribution in [2.45, 2.75) is 27.4 Å². The molecule has 0 heterocycles. The topological polar surface area (TPSA) is 60.0 Å². The highest BCUT2D eigenvalue weighted by molar-refractivity contribution is 5.86. The molecule has 146 valence electrons. The lowest BCUT2D eigenvalue weighted by molar-refractivity contribution is 0.154. The number of carbonyl (C=O) groups is 1. The van der Waals surface area contributed by atoms with Crippen LogP contribution in [0, 0.1) is 6.92 Å². The molecule has 27 heavy (non-hydrogen) atoms. The lowest BCUT2D eigenvalue weighted by atomic mass is 10.1. The molecule has 0 unspecified atom stereocenters. The van der Waals surface area contributed by atoms with Crippen molar-refractivity contribution in [3.05, 3.63) is 47.5 Å². The van der Waals surface area contributed by atoms with Crippen LogP contribution in [-0.2, 0) is 11.3 Å². The summed E-state index contributed by atoms with van der Waals surface area (Å²) < 4.78 is 15.8. The van der Waals surface area contributed by atoms with E-state index >= 15 is 0 Å². The lowest BCUT2D eigenvalue weighted by Crippen LogP contribution is -2.22. The van der Waals surface area contributed by atoms with Gasteiger partial charge in [0.05, 0.1) is 14.2 Å². The predicted octanol–water partition coefficient (Wildman–Crippen LogP) is 4.61. The van der Waals surface area contributed by atoms with Crippen molar-refractivity contribution in [1.82, 2.24) is 0 Å². The molecule has 6 nitrogen and oxygen atoms in total. The van der Waals surface area contributed by atoms with Crippen molar-refractivity contribution in [2.24, 2.45) is 0 Å². The maximum absolute atomic E-state index is 12.2. The molecule has 0 aliphatic rings. The molecule has 0 fully saturated rings. The van der Waals surface area contributed by atoms with Crippen LogP contribution in [0.1, 0.15) is 25.0 Å². The second kappa shape index (κ2) is 9.71. The van der Waals surface area contributed by atoms with Gasteiger partial charge in [-0.3, -0.25) is 5.32 Å². The molecule has 0 aromatic heterocycles. The van der Waals surface area contributed by atoms with Crippen LogP contribution in [-0.4, -0.2) is 33.4 Å². The summed E-state index contributed by atoms with van der Waals surface area (Å²) in [4.78, 5) is 14.4. The van der Waals surface area contributed by atoms with Gasteiger partial charge in [-0.2, -0.15) is 0 Å². The molecule has 2 aromatic carbocycles. The number of nitrogens with zero attached hydrogens (tertiary/aromatic N) is 1. The molecule has 2 rings (SSSR count). The van der Waals surface area contributed by atoms with Gasteiger partial charge in [-0.05, 0) is 56.7 Å². The lowest BCUT2D eigenvalue weighted by Gasteiger charge is -2.22. The third-order valence-electron chi connectivity index (χ3n) is 4.43. The summed E-state index contributed by atoms with van der Waals surface area (Å²) in [5.74, 6) is 1.30. The second-order valence-electron chi connectivity index (χ2n) is 6.05. The first-order valence-corrected chi connectivity index (χ1v) is 9.02. The van der Waals surface area contributed by atoms with Crippen LogP contribution >= 0.6 is 0 Å². The first-order chi connectivity index (χ1) is 13.0. The fourth-order valence-corrected chi connectivity index (χ4v) is 2.83. The van der Waals surface area contributed by atoms with Crippen molar-refractivity contribution in [2.75, 3.05) is 37.5 Å². The molecule has 1 N–H and O–H groups in total. The van der Waals surface area contributed by atoms with E-state index in [-0.39, 0.29) is 6.61 Å². The Hall–Kier alpha value is -2.89. The van der Waals surface area contributed by atoms with Crippen LogP contribution in [0.5, 0.6) is 11.5 Å². The van der Waals surface area contributed by atoms with Crippen molar-refractivity contribution < 1.29 is 19.0 Å². The Bertz CT molecular complexity index is 773. The van der Waals surface area contributed by atoms with Gasteiger partial charge < -0.3 is 19.1 Å². The summed E-state index contributed by atoms with van der Waals surface area (Å²) in [6.07, 6.45) is -0.508. The molecule has 0 aliphatic heterocycles. The van der Waals surface area contributed by atoms with Gasteiger partial charge in [0.15, 0.2) is 0 Å². The highest BCUT2D eigenvalue weighted by Gasteiger charge is 2.11. The van der Waals surface area contributed by atoms with Crippen LogP contribution in [0.15, 0.2) is 36.4 Å². The summed E-state index contributed by atoms with van der Waals surface area (Å²) >= 11 is 0. The first-order valence-electron chi connectivity index (χ1n) is 9.02. The molecule has 6 heteroatoms. The normalized spacial score (nSPS) is 10.3. The number of hydrogen-bond donors (Lipinski definition) is 1. The number of rotatable bonds is 8. The number of aryl methyl sites for hydroxylation is 1. The molecule has 0 atom stereocenters. The van der Waals surface area contributed by atoms with Gasteiger partial charge in [-0.1, -0.05) is 0 Å². The van der Waals surface area contributed by atoms with Crippen molar-refractivity contribution in [3.8, 4) is 11.5 Å². The van der Waals surface area contributed by atoms with Crippen molar-refractivity contribution >= 4 is 17.5 Å². The Labute approximate surface area is 161 Å². The highest BCUT2D eigenvalue weighted by atomic mass is 16.5. The summed E-state index contributed by atoms with van der Waals surface area (Å²) in [7, 11) is 3.16. The fraction of sp³-hybridized carbons (Fsp3) is 0.381. The van der Waals surface area contributed by atoms with Gasteiger partial charge in [0.2, 0.25) is 0 Å². The van der Waals surface area contributed by atoms with E-state index in [4.69, 9.17) is 14.2 Å². The van der Waals surface area contributed by atoms with Gasteiger partial charge in [-0.25, -0.2) is 4.79 Å². The Morgan fingerprint density at radius 2 is 1.78 bits per heavy atom. The number of benzene rings is 2. The third kappa shape index (κ3) is 5.29. The van der Waals surface area contributed by atoms with Gasteiger partial charge in [-0.15, -0.1) is 0 Å². The summed E-state index contributed by atoms with van der Waals surface area (Å²) in [6.45, 7) is 8.19. The Morgan fingerprint density at radius 3 is 2.37 bits per heavy atom. The monoisotopic (exact) mass is 372 g/mol. The van der Waals surface area contributed by atoms with Crippen molar-refractivity contribution in [3.63, 3.8) is 0 Å². The molecule has 1 amide bonds. The molecule has 0 aliphatic carbocycles. The average molecular weight is 372 g/mol. The molecule has 0 bridgehead atoms. The van der Waals surface area contributed by atoms with Gasteiger partial charge >= 0.3 is 6.09 Å². The summed E-state index contributed by atoms with van der Waals surface area (Å²) in [5.41, 5.74) is 3.62. The second-order valence-corrected chi connectivity index (χ2v) is 6.05. The molecule has 0 radical (unpaired) electrons. The SMILES string of the molecule is CCN(CC)c1ccc(NC(=O)OCc2ccc(OC)cc2OC)c(C)c1. The van der Waals surface area contributed by atoms with E-state index in [9.17, 15) is 4.79 Å². The summed E-state index contributed by atoms with van der Waals surface area (Å²) in [6, 6.07) is 11.3. The third-order valence-corrected chi connectivity index (χ3v) is 4.43. The van der Waals surface area contributed by atoms with E-state index in [0.29, 0.717) is 11.5 Å². The quantitative estimate of drug-likeness (QED) is 0.733. The van der Waals surface area contributed by atoms with Crippen LogP contribution in [0.25, 0.3) is 0 Å². The van der Waals surface area contributed by atoms with E-state index in [1.165, 1.54) is 0 Å². The van der Waals surface area contributed by atoms with Crippen LogP contribution in [0.4, 0.5) is 16.2 Å². The molecule has 0 spiro atoms. The zero-order valence-corrected chi connectivity index (χ0v) is 16.7. The van der Waals surface area contributed by atoms with Crippen LogP contribution in [0.3, 0.4) is 0 Å².